The maximum atomic E-state index is 5.14. The molecule has 3 heterocycles. The first kappa shape index (κ1) is 13.0. The van der Waals surface area contributed by atoms with Gasteiger partial charge in [-0.05, 0) is 31.2 Å². The predicted octanol–water partition coefficient (Wildman–Crippen LogP) is 3.33. The van der Waals surface area contributed by atoms with Crippen LogP contribution in [0.3, 0.4) is 0 Å². The minimum absolute atomic E-state index is 0.532. The van der Waals surface area contributed by atoms with Crippen molar-refractivity contribution >= 4 is 23.1 Å². The highest BCUT2D eigenvalue weighted by atomic mass is 32.2. The molecule has 3 aromatic rings. The quantitative estimate of drug-likeness (QED) is 0.672. The number of hydrogen-bond acceptors (Lipinski definition) is 7. The van der Waals surface area contributed by atoms with Crippen molar-refractivity contribution in [3.05, 3.63) is 29.2 Å². The topological polar surface area (TPSA) is 69.6 Å². The lowest BCUT2D eigenvalue weighted by molar-refractivity contribution is 0.387. The molecule has 21 heavy (non-hydrogen) atoms. The molecule has 0 aromatic carbocycles. The van der Waals surface area contributed by atoms with Gasteiger partial charge in [0, 0.05) is 6.04 Å². The third-order valence-electron chi connectivity index (χ3n) is 3.21. The van der Waals surface area contributed by atoms with Gasteiger partial charge in [-0.2, -0.15) is 4.98 Å². The second-order valence-corrected chi connectivity index (χ2v) is 6.80. The van der Waals surface area contributed by atoms with Gasteiger partial charge >= 0.3 is 0 Å². The van der Waals surface area contributed by atoms with Gasteiger partial charge in [0.05, 0.1) is 10.6 Å². The van der Waals surface area contributed by atoms with Crippen LogP contribution in [0, 0.1) is 6.92 Å². The number of hydrogen-bond donors (Lipinski definition) is 0. The Labute approximate surface area is 129 Å². The molecule has 3 aromatic heterocycles. The summed E-state index contributed by atoms with van der Waals surface area (Å²) in [6, 6.07) is 4.66. The normalized spacial score (nSPS) is 14.7. The highest BCUT2D eigenvalue weighted by molar-refractivity contribution is 7.98. The molecule has 0 N–H and O–H groups in total. The number of nitrogens with zero attached hydrogens (tertiary/aromatic N) is 5. The number of thioether (sulfide) groups is 1. The van der Waals surface area contributed by atoms with Crippen LogP contribution < -0.4 is 0 Å². The Morgan fingerprint density at radius 2 is 2.33 bits per heavy atom. The summed E-state index contributed by atoms with van der Waals surface area (Å²) in [5.41, 5.74) is 0. The number of rotatable bonds is 5. The summed E-state index contributed by atoms with van der Waals surface area (Å²) in [5, 5.41) is 15.5. The van der Waals surface area contributed by atoms with Crippen molar-refractivity contribution in [1.29, 1.82) is 0 Å². The average Bonchev–Trinajstić information content (AvgIpc) is 2.93. The Balaban J connectivity index is 1.60. The first-order valence-electron chi connectivity index (χ1n) is 6.72. The Hall–Kier alpha value is -1.67. The summed E-state index contributed by atoms with van der Waals surface area (Å²) in [6.45, 7) is 1.82. The van der Waals surface area contributed by atoms with Crippen LogP contribution in [0.4, 0.5) is 0 Å². The van der Waals surface area contributed by atoms with Gasteiger partial charge in [0.25, 0.3) is 0 Å². The van der Waals surface area contributed by atoms with Crippen LogP contribution in [-0.2, 0) is 5.75 Å². The van der Waals surface area contributed by atoms with E-state index < -0.39 is 0 Å². The Kier molecular flexibility index (Phi) is 3.27. The fourth-order valence-electron chi connectivity index (χ4n) is 2.14. The molecule has 0 amide bonds. The summed E-state index contributed by atoms with van der Waals surface area (Å²) in [5.74, 6) is 2.88. The largest absolute Gasteiger partial charge is 0.338 e. The van der Waals surface area contributed by atoms with E-state index in [0.717, 1.165) is 15.9 Å². The SMILES string of the molecule is Cc1noc(CSc2nnc(-c3cccs3)n2C2CC2)n1. The number of aryl methyl sites for hydroxylation is 1. The van der Waals surface area contributed by atoms with Gasteiger partial charge in [-0.1, -0.05) is 23.0 Å². The Morgan fingerprint density at radius 1 is 1.43 bits per heavy atom. The summed E-state index contributed by atoms with van der Waals surface area (Å²) >= 11 is 3.29. The van der Waals surface area contributed by atoms with Gasteiger partial charge < -0.3 is 4.52 Å². The maximum Gasteiger partial charge on any atom is 0.237 e. The van der Waals surface area contributed by atoms with E-state index in [0.29, 0.717) is 23.5 Å². The fraction of sp³-hybridized carbons (Fsp3) is 0.385. The van der Waals surface area contributed by atoms with Crippen LogP contribution in [0.1, 0.15) is 30.6 Å². The van der Waals surface area contributed by atoms with Crippen molar-refractivity contribution in [3.63, 3.8) is 0 Å². The van der Waals surface area contributed by atoms with Crippen molar-refractivity contribution < 1.29 is 4.52 Å². The third-order valence-corrected chi connectivity index (χ3v) is 5.01. The highest BCUT2D eigenvalue weighted by Gasteiger charge is 2.30. The summed E-state index contributed by atoms with van der Waals surface area (Å²) in [4.78, 5) is 5.38. The molecule has 1 aliphatic rings. The highest BCUT2D eigenvalue weighted by Crippen LogP contribution is 2.42. The molecule has 0 atom stereocenters. The lowest BCUT2D eigenvalue weighted by atomic mass is 10.4. The van der Waals surface area contributed by atoms with E-state index in [1.807, 2.05) is 13.0 Å². The van der Waals surface area contributed by atoms with Gasteiger partial charge in [0.2, 0.25) is 5.89 Å². The first-order chi connectivity index (χ1) is 10.3. The van der Waals surface area contributed by atoms with Crippen LogP contribution >= 0.6 is 23.1 Å². The van der Waals surface area contributed by atoms with E-state index in [1.165, 1.54) is 12.8 Å². The maximum absolute atomic E-state index is 5.14. The smallest absolute Gasteiger partial charge is 0.237 e. The van der Waals surface area contributed by atoms with Crippen LogP contribution in [0.15, 0.2) is 27.2 Å². The standard InChI is InChI=1S/C13H13N5OS2/c1-8-14-11(19-17-8)7-21-13-16-15-12(10-3-2-6-20-10)18(13)9-4-5-9/h2-3,6,9H,4-5,7H2,1H3. The molecule has 0 bridgehead atoms. The van der Waals surface area contributed by atoms with E-state index in [9.17, 15) is 0 Å². The van der Waals surface area contributed by atoms with E-state index >= 15 is 0 Å². The van der Waals surface area contributed by atoms with Crippen LogP contribution in [-0.4, -0.2) is 24.9 Å². The second-order valence-electron chi connectivity index (χ2n) is 4.91. The molecule has 1 fully saturated rings. The number of thiophene rings is 1. The molecule has 8 heteroatoms. The predicted molar refractivity (Wildman–Crippen MR) is 80.2 cm³/mol. The molecular weight excluding hydrogens is 306 g/mol. The molecule has 0 spiro atoms. The van der Waals surface area contributed by atoms with Gasteiger partial charge in [-0.15, -0.1) is 21.5 Å². The molecule has 0 saturated heterocycles. The molecule has 1 aliphatic carbocycles. The van der Waals surface area contributed by atoms with E-state index in [1.54, 1.807) is 23.1 Å². The zero-order valence-electron chi connectivity index (χ0n) is 11.4. The zero-order chi connectivity index (χ0) is 14.2. The number of aromatic nitrogens is 5. The van der Waals surface area contributed by atoms with Crippen molar-refractivity contribution in [2.75, 3.05) is 0 Å². The van der Waals surface area contributed by atoms with Crippen LogP contribution in [0.2, 0.25) is 0 Å². The summed E-state index contributed by atoms with van der Waals surface area (Å²) < 4.78 is 7.39. The lowest BCUT2D eigenvalue weighted by Gasteiger charge is -2.06. The third kappa shape index (κ3) is 2.60. The summed E-state index contributed by atoms with van der Waals surface area (Å²) in [6.07, 6.45) is 2.40. The Bertz CT molecular complexity index is 745. The van der Waals surface area contributed by atoms with Crippen molar-refractivity contribution in [3.8, 4) is 10.7 Å². The molecule has 0 unspecified atom stereocenters. The van der Waals surface area contributed by atoms with E-state index in [-0.39, 0.29) is 0 Å². The Morgan fingerprint density at radius 3 is 3.00 bits per heavy atom. The zero-order valence-corrected chi connectivity index (χ0v) is 13.0. The second kappa shape index (κ2) is 5.27. The molecule has 0 radical (unpaired) electrons. The minimum atomic E-state index is 0.532. The van der Waals surface area contributed by atoms with E-state index in [4.69, 9.17) is 4.52 Å². The molecular formula is C13H13N5OS2. The minimum Gasteiger partial charge on any atom is -0.338 e. The van der Waals surface area contributed by atoms with E-state index in [2.05, 4.69) is 36.4 Å². The first-order valence-corrected chi connectivity index (χ1v) is 8.58. The molecule has 6 nitrogen and oxygen atoms in total. The van der Waals surface area contributed by atoms with Gasteiger partial charge in [0.1, 0.15) is 0 Å². The van der Waals surface area contributed by atoms with Crippen LogP contribution in [0.25, 0.3) is 10.7 Å². The average molecular weight is 319 g/mol. The van der Waals surface area contributed by atoms with Crippen molar-refractivity contribution in [2.45, 2.75) is 36.7 Å². The van der Waals surface area contributed by atoms with Crippen LogP contribution in [0.5, 0.6) is 0 Å². The van der Waals surface area contributed by atoms with Crippen molar-refractivity contribution in [2.24, 2.45) is 0 Å². The monoisotopic (exact) mass is 319 g/mol. The van der Waals surface area contributed by atoms with Gasteiger partial charge in [-0.3, -0.25) is 4.57 Å². The molecule has 1 saturated carbocycles. The van der Waals surface area contributed by atoms with Gasteiger partial charge in [-0.25, -0.2) is 0 Å². The summed E-state index contributed by atoms with van der Waals surface area (Å²) in [7, 11) is 0. The molecule has 4 rings (SSSR count). The molecule has 0 aliphatic heterocycles. The van der Waals surface area contributed by atoms with Crippen molar-refractivity contribution in [1.82, 2.24) is 24.9 Å². The fourth-order valence-corrected chi connectivity index (χ4v) is 3.68. The van der Waals surface area contributed by atoms with Gasteiger partial charge in [0.15, 0.2) is 16.8 Å². The lowest BCUT2D eigenvalue weighted by Crippen LogP contribution is -1.99. The molecule has 108 valence electrons.